The van der Waals surface area contributed by atoms with Crippen molar-refractivity contribution >= 4 is 17.2 Å². The largest absolute Gasteiger partial charge is 0.347 e. The molecule has 6 nitrogen and oxygen atoms in total. The molecule has 1 aliphatic heterocycles. The third kappa shape index (κ3) is 3.62. The van der Waals surface area contributed by atoms with E-state index >= 15 is 0 Å². The van der Waals surface area contributed by atoms with Gasteiger partial charge in [-0.3, -0.25) is 4.79 Å². The summed E-state index contributed by atoms with van der Waals surface area (Å²) < 4.78 is 1.81. The fraction of sp³-hybridized carbons (Fsp3) is 0.278. The van der Waals surface area contributed by atoms with E-state index in [2.05, 4.69) is 20.7 Å². The molecule has 2 aromatic heterocycles. The van der Waals surface area contributed by atoms with Gasteiger partial charge in [-0.1, -0.05) is 18.2 Å². The number of aromatic nitrogens is 3. The SMILES string of the molecule is O=C(NC1CCCNC1)c1csc(-c2cnn(-c3ccccc3)c2)n1. The van der Waals surface area contributed by atoms with Gasteiger partial charge in [0, 0.05) is 29.7 Å². The highest BCUT2D eigenvalue weighted by molar-refractivity contribution is 7.13. The lowest BCUT2D eigenvalue weighted by Crippen LogP contribution is -2.45. The van der Waals surface area contributed by atoms with Crippen LogP contribution in [0.25, 0.3) is 16.3 Å². The molecule has 1 amide bonds. The second-order valence-electron chi connectivity index (χ2n) is 6.06. The van der Waals surface area contributed by atoms with Crippen LogP contribution in [0.15, 0.2) is 48.1 Å². The Morgan fingerprint density at radius 1 is 1.32 bits per heavy atom. The predicted octanol–water partition coefficient (Wildman–Crippen LogP) is 2.48. The molecule has 4 rings (SSSR count). The molecule has 2 N–H and O–H groups in total. The summed E-state index contributed by atoms with van der Waals surface area (Å²) in [6, 6.07) is 10.1. The van der Waals surface area contributed by atoms with Crippen molar-refractivity contribution in [3.8, 4) is 16.3 Å². The molecule has 7 heteroatoms. The number of nitrogens with one attached hydrogen (secondary N) is 2. The number of nitrogens with zero attached hydrogens (tertiary/aromatic N) is 3. The molecule has 3 heterocycles. The van der Waals surface area contributed by atoms with Crippen molar-refractivity contribution in [3.05, 3.63) is 53.8 Å². The van der Waals surface area contributed by atoms with Gasteiger partial charge in [0.2, 0.25) is 0 Å². The van der Waals surface area contributed by atoms with Gasteiger partial charge in [-0.2, -0.15) is 5.10 Å². The monoisotopic (exact) mass is 353 g/mol. The number of thiazole rings is 1. The van der Waals surface area contributed by atoms with E-state index in [9.17, 15) is 4.79 Å². The first-order valence-corrected chi connectivity index (χ1v) is 9.25. The average Bonchev–Trinajstić information content (AvgIpc) is 3.33. The molecule has 1 fully saturated rings. The molecule has 0 spiro atoms. The fourth-order valence-electron chi connectivity index (χ4n) is 2.90. The Hall–Kier alpha value is -2.51. The van der Waals surface area contributed by atoms with Gasteiger partial charge in [0.25, 0.3) is 5.91 Å². The fourth-order valence-corrected chi connectivity index (χ4v) is 3.68. The number of hydrogen-bond donors (Lipinski definition) is 2. The normalized spacial score (nSPS) is 17.4. The smallest absolute Gasteiger partial charge is 0.271 e. The first-order chi connectivity index (χ1) is 12.3. The second kappa shape index (κ2) is 7.16. The van der Waals surface area contributed by atoms with Crippen LogP contribution in [0.5, 0.6) is 0 Å². The third-order valence-corrected chi connectivity index (χ3v) is 5.11. The van der Waals surface area contributed by atoms with Crippen LogP contribution in [-0.2, 0) is 0 Å². The van der Waals surface area contributed by atoms with Crippen molar-refractivity contribution in [1.82, 2.24) is 25.4 Å². The maximum absolute atomic E-state index is 12.4. The van der Waals surface area contributed by atoms with Crippen molar-refractivity contribution in [2.24, 2.45) is 0 Å². The molecule has 1 aliphatic rings. The Bertz CT molecular complexity index is 851. The highest BCUT2D eigenvalue weighted by Crippen LogP contribution is 2.24. The number of hydrogen-bond acceptors (Lipinski definition) is 5. The molecular weight excluding hydrogens is 334 g/mol. The van der Waals surface area contributed by atoms with Crippen LogP contribution in [0.1, 0.15) is 23.3 Å². The number of rotatable bonds is 4. The maximum Gasteiger partial charge on any atom is 0.271 e. The molecule has 0 radical (unpaired) electrons. The van der Waals surface area contributed by atoms with Gasteiger partial charge in [-0.15, -0.1) is 11.3 Å². The van der Waals surface area contributed by atoms with E-state index in [0.717, 1.165) is 42.2 Å². The first-order valence-electron chi connectivity index (χ1n) is 8.37. The van der Waals surface area contributed by atoms with Gasteiger partial charge < -0.3 is 10.6 Å². The molecule has 1 unspecified atom stereocenters. The van der Waals surface area contributed by atoms with E-state index in [4.69, 9.17) is 0 Å². The van der Waals surface area contributed by atoms with E-state index in [1.54, 1.807) is 11.6 Å². The Kier molecular flexibility index (Phi) is 4.58. The van der Waals surface area contributed by atoms with Crippen LogP contribution in [0.2, 0.25) is 0 Å². The molecule has 0 bridgehead atoms. The van der Waals surface area contributed by atoms with E-state index in [-0.39, 0.29) is 11.9 Å². The van der Waals surface area contributed by atoms with E-state index < -0.39 is 0 Å². The van der Waals surface area contributed by atoms with Gasteiger partial charge in [0.15, 0.2) is 0 Å². The molecule has 3 aromatic rings. The van der Waals surface area contributed by atoms with Gasteiger partial charge >= 0.3 is 0 Å². The summed E-state index contributed by atoms with van der Waals surface area (Å²) in [6.07, 6.45) is 5.81. The van der Waals surface area contributed by atoms with Crippen LogP contribution in [0.3, 0.4) is 0 Å². The zero-order valence-electron chi connectivity index (χ0n) is 13.7. The Labute approximate surface area is 149 Å². The van der Waals surface area contributed by atoms with E-state index in [1.165, 1.54) is 11.3 Å². The number of piperidine rings is 1. The Morgan fingerprint density at radius 2 is 2.20 bits per heavy atom. The predicted molar refractivity (Wildman–Crippen MR) is 98.0 cm³/mol. The lowest BCUT2D eigenvalue weighted by molar-refractivity contribution is 0.0926. The summed E-state index contributed by atoms with van der Waals surface area (Å²) >= 11 is 1.46. The van der Waals surface area contributed by atoms with Gasteiger partial charge in [0.1, 0.15) is 10.7 Å². The van der Waals surface area contributed by atoms with Gasteiger partial charge in [0.05, 0.1) is 11.9 Å². The number of carbonyl (C=O) groups excluding carboxylic acids is 1. The summed E-state index contributed by atoms with van der Waals surface area (Å²) in [5, 5.41) is 13.3. The molecule has 0 aliphatic carbocycles. The quantitative estimate of drug-likeness (QED) is 0.756. The topological polar surface area (TPSA) is 71.8 Å². The summed E-state index contributed by atoms with van der Waals surface area (Å²) in [5.74, 6) is -0.105. The molecule has 128 valence electrons. The van der Waals surface area contributed by atoms with Crippen LogP contribution in [0, 0.1) is 0 Å². The van der Waals surface area contributed by atoms with Crippen LogP contribution in [0.4, 0.5) is 0 Å². The maximum atomic E-state index is 12.4. The summed E-state index contributed by atoms with van der Waals surface area (Å²) in [7, 11) is 0. The number of carbonyl (C=O) groups is 1. The lowest BCUT2D eigenvalue weighted by atomic mass is 10.1. The number of amides is 1. The Morgan fingerprint density at radius 3 is 3.00 bits per heavy atom. The van der Waals surface area contributed by atoms with Crippen molar-refractivity contribution in [3.63, 3.8) is 0 Å². The minimum absolute atomic E-state index is 0.105. The van der Waals surface area contributed by atoms with Crippen molar-refractivity contribution in [2.45, 2.75) is 18.9 Å². The number of benzene rings is 1. The van der Waals surface area contributed by atoms with Gasteiger partial charge in [-0.25, -0.2) is 9.67 Å². The summed E-state index contributed by atoms with van der Waals surface area (Å²) in [4.78, 5) is 16.9. The zero-order valence-corrected chi connectivity index (χ0v) is 14.5. The highest BCUT2D eigenvalue weighted by Gasteiger charge is 2.18. The van der Waals surface area contributed by atoms with Crippen LogP contribution >= 0.6 is 11.3 Å². The van der Waals surface area contributed by atoms with Crippen molar-refractivity contribution in [2.75, 3.05) is 13.1 Å². The molecule has 1 saturated heterocycles. The lowest BCUT2D eigenvalue weighted by Gasteiger charge is -2.23. The van der Waals surface area contributed by atoms with Crippen molar-refractivity contribution in [1.29, 1.82) is 0 Å². The molecule has 1 atom stereocenters. The molecule has 25 heavy (non-hydrogen) atoms. The van der Waals surface area contributed by atoms with Crippen LogP contribution < -0.4 is 10.6 Å². The second-order valence-corrected chi connectivity index (χ2v) is 6.92. The third-order valence-electron chi connectivity index (χ3n) is 4.22. The molecule has 1 aromatic carbocycles. The van der Waals surface area contributed by atoms with Gasteiger partial charge in [-0.05, 0) is 31.5 Å². The minimum Gasteiger partial charge on any atom is -0.347 e. The van der Waals surface area contributed by atoms with E-state index in [0.29, 0.717) is 5.69 Å². The average molecular weight is 353 g/mol. The highest BCUT2D eigenvalue weighted by atomic mass is 32.1. The summed E-state index contributed by atoms with van der Waals surface area (Å²) in [5.41, 5.74) is 2.37. The molecular formula is C18H19N5OS. The Balaban J connectivity index is 1.47. The standard InChI is InChI=1S/C18H19N5OS/c24-17(21-14-5-4-8-19-10-14)16-12-25-18(22-16)13-9-20-23(11-13)15-6-2-1-3-7-15/h1-3,6-7,9,11-12,14,19H,4-5,8,10H2,(H,21,24). The van der Waals surface area contributed by atoms with Crippen molar-refractivity contribution < 1.29 is 4.79 Å². The zero-order chi connectivity index (χ0) is 17.1. The minimum atomic E-state index is -0.105. The summed E-state index contributed by atoms with van der Waals surface area (Å²) in [6.45, 7) is 1.85. The van der Waals surface area contributed by atoms with E-state index in [1.807, 2.05) is 41.2 Å². The molecule has 0 saturated carbocycles. The first kappa shape index (κ1) is 16.0. The van der Waals surface area contributed by atoms with Crippen LogP contribution in [-0.4, -0.2) is 39.8 Å². The number of para-hydroxylation sites is 1.